The van der Waals surface area contributed by atoms with Gasteiger partial charge in [0.05, 0.1) is 10.6 Å². The van der Waals surface area contributed by atoms with E-state index in [1.54, 1.807) is 24.3 Å². The topological polar surface area (TPSA) is 67.4 Å². The van der Waals surface area contributed by atoms with Crippen molar-refractivity contribution < 1.29 is 14.3 Å². The molecule has 0 unspecified atom stereocenters. The zero-order valence-corrected chi connectivity index (χ0v) is 13.7. The maximum atomic E-state index is 11.9. The molecule has 1 aliphatic carbocycles. The third-order valence-corrected chi connectivity index (χ3v) is 4.20. The highest BCUT2D eigenvalue weighted by Gasteiger charge is 2.13. The quantitative estimate of drug-likeness (QED) is 0.838. The lowest BCUT2D eigenvalue weighted by Gasteiger charge is -2.10. The molecule has 124 valence electrons. The van der Waals surface area contributed by atoms with Gasteiger partial charge in [-0.25, -0.2) is 0 Å². The second-order valence-corrected chi connectivity index (χ2v) is 5.96. The van der Waals surface area contributed by atoms with Crippen molar-refractivity contribution in [3.8, 4) is 5.75 Å². The number of carbonyl (C=O) groups excluding carboxylic acids is 2. The molecule has 1 aliphatic rings. The van der Waals surface area contributed by atoms with E-state index in [2.05, 4.69) is 10.9 Å². The Bertz CT molecular complexity index is 777. The molecular formula is C18H17ClN2O3. The number of amides is 2. The second-order valence-electron chi connectivity index (χ2n) is 5.55. The van der Waals surface area contributed by atoms with E-state index in [0.29, 0.717) is 16.3 Å². The van der Waals surface area contributed by atoms with Crippen LogP contribution < -0.4 is 15.6 Å². The van der Waals surface area contributed by atoms with Crippen molar-refractivity contribution in [1.82, 2.24) is 10.9 Å². The summed E-state index contributed by atoms with van der Waals surface area (Å²) < 4.78 is 5.47. The zero-order chi connectivity index (χ0) is 16.9. The number of benzene rings is 2. The number of carbonyl (C=O) groups is 2. The molecule has 0 saturated heterocycles. The summed E-state index contributed by atoms with van der Waals surface area (Å²) in [5.41, 5.74) is 7.54. The second kappa shape index (κ2) is 7.36. The van der Waals surface area contributed by atoms with E-state index in [9.17, 15) is 9.59 Å². The zero-order valence-electron chi connectivity index (χ0n) is 13.0. The highest BCUT2D eigenvalue weighted by atomic mass is 35.5. The molecule has 2 N–H and O–H groups in total. The third-order valence-electron chi connectivity index (χ3n) is 3.87. The highest BCUT2D eigenvalue weighted by molar-refractivity contribution is 6.33. The Morgan fingerprint density at radius 2 is 1.83 bits per heavy atom. The van der Waals surface area contributed by atoms with Gasteiger partial charge >= 0.3 is 0 Å². The summed E-state index contributed by atoms with van der Waals surface area (Å²) in [5.74, 6) is -0.273. The maximum absolute atomic E-state index is 11.9. The lowest BCUT2D eigenvalue weighted by molar-refractivity contribution is -0.123. The predicted octanol–water partition coefficient (Wildman–Crippen LogP) is 2.67. The van der Waals surface area contributed by atoms with Crippen molar-refractivity contribution in [2.75, 3.05) is 6.61 Å². The fourth-order valence-electron chi connectivity index (χ4n) is 2.66. The molecule has 24 heavy (non-hydrogen) atoms. The number of halogens is 1. The molecule has 5 nitrogen and oxygen atoms in total. The molecule has 0 atom stereocenters. The van der Waals surface area contributed by atoms with Gasteiger partial charge in [-0.15, -0.1) is 0 Å². The van der Waals surface area contributed by atoms with Gasteiger partial charge in [-0.2, -0.15) is 0 Å². The minimum absolute atomic E-state index is 0.179. The first-order chi connectivity index (χ1) is 11.6. The van der Waals surface area contributed by atoms with Crippen LogP contribution in [0.2, 0.25) is 5.02 Å². The summed E-state index contributed by atoms with van der Waals surface area (Å²) in [6.07, 6.45) is 3.31. The van der Waals surface area contributed by atoms with Crippen LogP contribution >= 0.6 is 11.6 Å². The van der Waals surface area contributed by atoms with E-state index in [-0.39, 0.29) is 6.61 Å². The van der Waals surface area contributed by atoms with E-state index < -0.39 is 11.8 Å². The van der Waals surface area contributed by atoms with Gasteiger partial charge in [0.15, 0.2) is 6.61 Å². The first-order valence-corrected chi connectivity index (χ1v) is 8.09. The number of hydrogen-bond donors (Lipinski definition) is 2. The molecule has 2 amide bonds. The molecule has 2 aromatic rings. The van der Waals surface area contributed by atoms with Crippen molar-refractivity contribution in [1.29, 1.82) is 0 Å². The van der Waals surface area contributed by atoms with Gasteiger partial charge in [0.2, 0.25) is 0 Å². The van der Waals surface area contributed by atoms with Gasteiger partial charge in [-0.1, -0.05) is 29.8 Å². The van der Waals surface area contributed by atoms with Gasteiger partial charge in [-0.05, 0) is 54.7 Å². The van der Waals surface area contributed by atoms with Crippen molar-refractivity contribution in [2.24, 2.45) is 0 Å². The van der Waals surface area contributed by atoms with E-state index in [1.807, 2.05) is 18.2 Å². The number of aryl methyl sites for hydroxylation is 2. The molecule has 6 heteroatoms. The average molecular weight is 345 g/mol. The van der Waals surface area contributed by atoms with Crippen LogP contribution in [0.15, 0.2) is 42.5 Å². The van der Waals surface area contributed by atoms with Crippen molar-refractivity contribution in [3.63, 3.8) is 0 Å². The van der Waals surface area contributed by atoms with Crippen molar-refractivity contribution >= 4 is 23.4 Å². The van der Waals surface area contributed by atoms with Crippen molar-refractivity contribution in [3.05, 3.63) is 64.2 Å². The fourth-order valence-corrected chi connectivity index (χ4v) is 2.88. The van der Waals surface area contributed by atoms with E-state index in [1.165, 1.54) is 11.1 Å². The SMILES string of the molecule is O=C(COc1ccc2c(c1)CCC2)NNC(=O)c1ccccc1Cl. The standard InChI is InChI=1S/C18H17ClN2O3/c19-16-7-2-1-6-15(16)18(23)21-20-17(22)11-24-14-9-8-12-4-3-5-13(12)10-14/h1-2,6-10H,3-5,11H2,(H,20,22)(H,21,23). The van der Waals surface area contributed by atoms with E-state index in [0.717, 1.165) is 19.3 Å². The largest absolute Gasteiger partial charge is 0.484 e. The number of fused-ring (bicyclic) bond motifs is 1. The Morgan fingerprint density at radius 3 is 2.67 bits per heavy atom. The van der Waals surface area contributed by atoms with Gasteiger partial charge in [0.25, 0.3) is 11.8 Å². The minimum atomic E-state index is -0.480. The number of nitrogens with one attached hydrogen (secondary N) is 2. The molecule has 2 aromatic carbocycles. The van der Waals surface area contributed by atoms with Crippen LogP contribution in [0.4, 0.5) is 0 Å². The molecule has 0 heterocycles. The summed E-state index contributed by atoms with van der Waals surface area (Å²) in [4.78, 5) is 23.7. The molecule has 0 spiro atoms. The predicted molar refractivity (Wildman–Crippen MR) is 91.0 cm³/mol. The van der Waals surface area contributed by atoms with Crippen LogP contribution in [0.25, 0.3) is 0 Å². The van der Waals surface area contributed by atoms with Gasteiger partial charge in [0, 0.05) is 0 Å². The summed E-state index contributed by atoms with van der Waals surface area (Å²) >= 11 is 5.92. The highest BCUT2D eigenvalue weighted by Crippen LogP contribution is 2.25. The fraction of sp³-hybridized carbons (Fsp3) is 0.222. The lowest BCUT2D eigenvalue weighted by Crippen LogP contribution is -2.43. The van der Waals surface area contributed by atoms with Crippen LogP contribution in [0.3, 0.4) is 0 Å². The van der Waals surface area contributed by atoms with Crippen LogP contribution in [-0.2, 0) is 17.6 Å². The normalized spacial score (nSPS) is 12.4. The van der Waals surface area contributed by atoms with Gasteiger partial charge in [0.1, 0.15) is 5.75 Å². The Labute approximate surface area is 144 Å². The minimum Gasteiger partial charge on any atom is -0.484 e. The molecule has 3 rings (SSSR count). The Kier molecular flexibility index (Phi) is 5.01. The maximum Gasteiger partial charge on any atom is 0.276 e. The molecule has 0 bridgehead atoms. The number of hydrogen-bond acceptors (Lipinski definition) is 3. The Morgan fingerprint density at radius 1 is 1.04 bits per heavy atom. The monoisotopic (exact) mass is 344 g/mol. The first-order valence-electron chi connectivity index (χ1n) is 7.72. The van der Waals surface area contributed by atoms with Crippen LogP contribution in [0.5, 0.6) is 5.75 Å². The van der Waals surface area contributed by atoms with E-state index in [4.69, 9.17) is 16.3 Å². The Hall–Kier alpha value is -2.53. The smallest absolute Gasteiger partial charge is 0.276 e. The molecule has 0 fully saturated rings. The molecule has 0 aromatic heterocycles. The lowest BCUT2D eigenvalue weighted by atomic mass is 10.1. The molecular weight excluding hydrogens is 328 g/mol. The van der Waals surface area contributed by atoms with Gasteiger partial charge < -0.3 is 4.74 Å². The van der Waals surface area contributed by atoms with Gasteiger partial charge in [-0.3, -0.25) is 20.4 Å². The van der Waals surface area contributed by atoms with Crippen LogP contribution in [-0.4, -0.2) is 18.4 Å². The van der Waals surface area contributed by atoms with Crippen LogP contribution in [0, 0.1) is 0 Å². The van der Waals surface area contributed by atoms with E-state index >= 15 is 0 Å². The molecule has 0 aliphatic heterocycles. The Balaban J connectivity index is 1.48. The third kappa shape index (κ3) is 3.86. The van der Waals surface area contributed by atoms with Crippen LogP contribution in [0.1, 0.15) is 27.9 Å². The molecule has 0 radical (unpaired) electrons. The molecule has 0 saturated carbocycles. The number of hydrazine groups is 1. The summed E-state index contributed by atoms with van der Waals surface area (Å²) in [7, 11) is 0. The first kappa shape index (κ1) is 16.3. The summed E-state index contributed by atoms with van der Waals surface area (Å²) in [5, 5.41) is 0.318. The summed E-state index contributed by atoms with van der Waals surface area (Å²) in [6.45, 7) is -0.179. The average Bonchev–Trinajstić information content (AvgIpc) is 3.06. The summed E-state index contributed by atoms with van der Waals surface area (Å²) in [6, 6.07) is 12.5. The van der Waals surface area contributed by atoms with Crippen molar-refractivity contribution in [2.45, 2.75) is 19.3 Å². The number of rotatable bonds is 4. The number of ether oxygens (including phenoxy) is 1.